The van der Waals surface area contributed by atoms with Gasteiger partial charge in [0, 0.05) is 6.42 Å². The molecule has 2 aliphatic rings. The summed E-state index contributed by atoms with van der Waals surface area (Å²) in [5.41, 5.74) is -0.574. The second kappa shape index (κ2) is 3.73. The van der Waals surface area contributed by atoms with E-state index in [4.69, 9.17) is 9.47 Å². The molecule has 0 aromatic carbocycles. The van der Waals surface area contributed by atoms with Gasteiger partial charge in [-0.05, 0) is 27.2 Å². The van der Waals surface area contributed by atoms with Gasteiger partial charge in [-0.1, -0.05) is 0 Å². The molecule has 0 aromatic rings. The normalized spacial score (nSPS) is 29.4. The van der Waals surface area contributed by atoms with Crippen molar-refractivity contribution in [1.82, 2.24) is 4.90 Å². The van der Waals surface area contributed by atoms with E-state index in [1.807, 2.05) is 0 Å². The number of imide groups is 1. The molecule has 2 rings (SSSR count). The average Bonchev–Trinajstić information content (AvgIpc) is 2.87. The molecule has 0 spiro atoms. The fraction of sp³-hybridized carbons (Fsp3) is 0.818. The highest BCUT2D eigenvalue weighted by atomic mass is 16.6. The van der Waals surface area contributed by atoms with Gasteiger partial charge < -0.3 is 9.47 Å². The van der Waals surface area contributed by atoms with E-state index in [9.17, 15) is 9.59 Å². The summed E-state index contributed by atoms with van der Waals surface area (Å²) in [5, 5.41) is 0. The summed E-state index contributed by atoms with van der Waals surface area (Å²) in [6.07, 6.45) is 0.571. The van der Waals surface area contributed by atoms with E-state index in [1.54, 1.807) is 20.8 Å². The lowest BCUT2D eigenvalue weighted by molar-refractivity contribution is -0.128. The second-order valence-electron chi connectivity index (χ2n) is 5.22. The molecule has 0 saturated carbocycles. The maximum atomic E-state index is 11.8. The fourth-order valence-corrected chi connectivity index (χ4v) is 1.88. The number of epoxide rings is 1. The van der Waals surface area contributed by atoms with Crippen LogP contribution in [0.1, 0.15) is 33.6 Å². The molecule has 0 aliphatic carbocycles. The monoisotopic (exact) mass is 227 g/mol. The van der Waals surface area contributed by atoms with Crippen molar-refractivity contribution < 1.29 is 19.1 Å². The molecule has 2 atom stereocenters. The van der Waals surface area contributed by atoms with Crippen LogP contribution in [0.4, 0.5) is 4.79 Å². The number of hydrogen-bond acceptors (Lipinski definition) is 4. The molecular weight excluding hydrogens is 210 g/mol. The van der Waals surface area contributed by atoms with Crippen LogP contribution < -0.4 is 0 Å². The third-order valence-electron chi connectivity index (χ3n) is 2.63. The van der Waals surface area contributed by atoms with E-state index in [-0.39, 0.29) is 18.1 Å². The van der Waals surface area contributed by atoms with Crippen molar-refractivity contribution in [3.63, 3.8) is 0 Å². The number of likely N-dealkylation sites (tertiary alicyclic amines) is 1. The minimum absolute atomic E-state index is 0.0268. The van der Waals surface area contributed by atoms with Crippen LogP contribution in [0.15, 0.2) is 0 Å². The van der Waals surface area contributed by atoms with E-state index in [1.165, 1.54) is 4.90 Å². The van der Waals surface area contributed by atoms with Gasteiger partial charge in [0.1, 0.15) is 11.7 Å². The Hall–Kier alpha value is -1.10. The molecule has 0 N–H and O–H groups in total. The van der Waals surface area contributed by atoms with Crippen molar-refractivity contribution in [2.24, 2.45) is 0 Å². The molecule has 16 heavy (non-hydrogen) atoms. The van der Waals surface area contributed by atoms with Gasteiger partial charge in [-0.3, -0.25) is 4.79 Å². The number of hydrogen-bond donors (Lipinski definition) is 0. The van der Waals surface area contributed by atoms with Crippen LogP contribution in [-0.4, -0.2) is 41.3 Å². The Labute approximate surface area is 94.7 Å². The Balaban J connectivity index is 2.05. The Morgan fingerprint density at radius 1 is 1.50 bits per heavy atom. The fourth-order valence-electron chi connectivity index (χ4n) is 1.88. The highest BCUT2D eigenvalue weighted by molar-refractivity contribution is 5.94. The molecule has 5 nitrogen and oxygen atoms in total. The van der Waals surface area contributed by atoms with Gasteiger partial charge in [-0.2, -0.15) is 0 Å². The van der Waals surface area contributed by atoms with Crippen LogP contribution in [0.25, 0.3) is 0 Å². The maximum absolute atomic E-state index is 11.8. The van der Waals surface area contributed by atoms with Crippen molar-refractivity contribution in [2.45, 2.75) is 51.4 Å². The number of rotatable bonds is 1. The maximum Gasteiger partial charge on any atom is 0.417 e. The van der Waals surface area contributed by atoms with Crippen molar-refractivity contribution in [3.05, 3.63) is 0 Å². The zero-order valence-corrected chi connectivity index (χ0v) is 9.86. The van der Waals surface area contributed by atoms with Crippen LogP contribution in [0.3, 0.4) is 0 Å². The molecule has 2 heterocycles. The molecule has 2 amide bonds. The predicted octanol–water partition coefficient (Wildman–Crippen LogP) is 1.31. The van der Waals surface area contributed by atoms with E-state index in [0.717, 1.165) is 0 Å². The van der Waals surface area contributed by atoms with Gasteiger partial charge in [-0.25, -0.2) is 9.69 Å². The van der Waals surface area contributed by atoms with Gasteiger partial charge in [-0.15, -0.1) is 0 Å². The summed E-state index contributed by atoms with van der Waals surface area (Å²) in [5.74, 6) is -0.158. The van der Waals surface area contributed by atoms with Crippen molar-refractivity contribution in [3.8, 4) is 0 Å². The zero-order chi connectivity index (χ0) is 11.9. The number of nitrogens with zero attached hydrogens (tertiary/aromatic N) is 1. The standard InChI is InChI=1S/C11H17NO4/c1-11(2,3)16-10(14)12-7(8-6-15-8)4-5-9(12)13/h7-8H,4-6H2,1-3H3. The number of carbonyl (C=O) groups is 2. The first kappa shape index (κ1) is 11.4. The molecule has 0 radical (unpaired) electrons. The molecular formula is C11H17NO4. The lowest BCUT2D eigenvalue weighted by Gasteiger charge is -2.26. The first-order valence-corrected chi connectivity index (χ1v) is 5.55. The van der Waals surface area contributed by atoms with Crippen LogP contribution in [-0.2, 0) is 14.3 Å². The van der Waals surface area contributed by atoms with Gasteiger partial charge in [0.2, 0.25) is 5.91 Å². The molecule has 2 saturated heterocycles. The Morgan fingerprint density at radius 2 is 2.12 bits per heavy atom. The number of carbonyl (C=O) groups excluding carboxylic acids is 2. The molecule has 2 aliphatic heterocycles. The highest BCUT2D eigenvalue weighted by Crippen LogP contribution is 2.30. The van der Waals surface area contributed by atoms with E-state index < -0.39 is 11.7 Å². The van der Waals surface area contributed by atoms with E-state index >= 15 is 0 Å². The summed E-state index contributed by atoms with van der Waals surface area (Å²) in [6, 6.07) is -0.123. The third kappa shape index (κ3) is 2.35. The topological polar surface area (TPSA) is 59.1 Å². The Morgan fingerprint density at radius 3 is 2.62 bits per heavy atom. The first-order chi connectivity index (χ1) is 7.38. The van der Waals surface area contributed by atoms with Crippen LogP contribution in [0, 0.1) is 0 Å². The van der Waals surface area contributed by atoms with Crippen molar-refractivity contribution >= 4 is 12.0 Å². The van der Waals surface area contributed by atoms with Crippen LogP contribution in [0.2, 0.25) is 0 Å². The number of amides is 2. The molecule has 90 valence electrons. The quantitative estimate of drug-likeness (QED) is 0.634. The van der Waals surface area contributed by atoms with Crippen LogP contribution in [0.5, 0.6) is 0 Å². The molecule has 5 heteroatoms. The van der Waals surface area contributed by atoms with Gasteiger partial charge in [0.05, 0.1) is 12.6 Å². The predicted molar refractivity (Wildman–Crippen MR) is 55.8 cm³/mol. The lowest BCUT2D eigenvalue weighted by Crippen LogP contribution is -2.44. The highest BCUT2D eigenvalue weighted by Gasteiger charge is 2.47. The smallest absolute Gasteiger partial charge is 0.417 e. The average molecular weight is 227 g/mol. The van der Waals surface area contributed by atoms with Gasteiger partial charge in [0.25, 0.3) is 0 Å². The molecule has 0 aromatic heterocycles. The van der Waals surface area contributed by atoms with E-state index in [2.05, 4.69) is 0 Å². The van der Waals surface area contributed by atoms with Crippen molar-refractivity contribution in [1.29, 1.82) is 0 Å². The lowest BCUT2D eigenvalue weighted by atomic mass is 10.1. The largest absolute Gasteiger partial charge is 0.443 e. The summed E-state index contributed by atoms with van der Waals surface area (Å²) in [4.78, 5) is 24.7. The zero-order valence-electron chi connectivity index (χ0n) is 9.86. The van der Waals surface area contributed by atoms with Gasteiger partial charge in [0.15, 0.2) is 0 Å². The molecule has 0 bridgehead atoms. The van der Waals surface area contributed by atoms with E-state index in [0.29, 0.717) is 19.4 Å². The minimum atomic E-state index is -0.574. The minimum Gasteiger partial charge on any atom is -0.443 e. The van der Waals surface area contributed by atoms with Gasteiger partial charge >= 0.3 is 6.09 Å². The first-order valence-electron chi connectivity index (χ1n) is 5.55. The molecule has 2 fully saturated rings. The Kier molecular flexibility index (Phi) is 2.66. The second-order valence-corrected chi connectivity index (χ2v) is 5.22. The summed E-state index contributed by atoms with van der Waals surface area (Å²) in [6.45, 7) is 5.99. The molecule has 2 unspecified atom stereocenters. The summed E-state index contributed by atoms with van der Waals surface area (Å²) >= 11 is 0. The van der Waals surface area contributed by atoms with Crippen LogP contribution >= 0.6 is 0 Å². The summed E-state index contributed by atoms with van der Waals surface area (Å²) < 4.78 is 10.4. The summed E-state index contributed by atoms with van der Waals surface area (Å²) in [7, 11) is 0. The third-order valence-corrected chi connectivity index (χ3v) is 2.63. The SMILES string of the molecule is CC(C)(C)OC(=O)N1C(=O)CCC1C1CO1. The van der Waals surface area contributed by atoms with Crippen molar-refractivity contribution in [2.75, 3.05) is 6.61 Å². The number of ether oxygens (including phenoxy) is 2. The Bertz CT molecular complexity index is 316.